The number of nitro groups is 1. The van der Waals surface area contributed by atoms with E-state index in [1.54, 1.807) is 13.0 Å². The minimum Gasteiger partial charge on any atom is -0.506 e. The van der Waals surface area contributed by atoms with Gasteiger partial charge in [0.05, 0.1) is 22.1 Å². The summed E-state index contributed by atoms with van der Waals surface area (Å²) in [6.45, 7) is 1.74. The number of thioether (sulfide) groups is 1. The normalized spacial score (nSPS) is 16.5. The summed E-state index contributed by atoms with van der Waals surface area (Å²) in [5.74, 6) is -1.51. The maximum atomic E-state index is 13.1. The van der Waals surface area contributed by atoms with E-state index >= 15 is 0 Å². The number of aliphatic imine (C=N–C) groups is 1. The zero-order valence-electron chi connectivity index (χ0n) is 15.2. The Labute approximate surface area is 169 Å². The van der Waals surface area contributed by atoms with E-state index in [-0.39, 0.29) is 33.6 Å². The Morgan fingerprint density at radius 2 is 2.03 bits per heavy atom. The van der Waals surface area contributed by atoms with Crippen molar-refractivity contribution in [3.8, 4) is 0 Å². The fourth-order valence-corrected chi connectivity index (χ4v) is 3.54. The lowest BCUT2D eigenvalue weighted by Crippen LogP contribution is -2.12. The molecule has 0 unspecified atom stereocenters. The van der Waals surface area contributed by atoms with Gasteiger partial charge in [-0.15, -0.1) is 0 Å². The van der Waals surface area contributed by atoms with Gasteiger partial charge in [-0.1, -0.05) is 23.9 Å². The maximum absolute atomic E-state index is 13.1. The lowest BCUT2D eigenvalue weighted by atomic mass is 10.1. The van der Waals surface area contributed by atoms with Crippen LogP contribution in [0.3, 0.4) is 0 Å². The number of nitrogens with zero attached hydrogens (tertiary/aromatic N) is 2. The van der Waals surface area contributed by atoms with Crippen molar-refractivity contribution in [2.24, 2.45) is 4.99 Å². The molecule has 29 heavy (non-hydrogen) atoms. The van der Waals surface area contributed by atoms with Crippen LogP contribution < -0.4 is 0 Å². The lowest BCUT2D eigenvalue weighted by Gasteiger charge is -2.03. The minimum absolute atomic E-state index is 0.100. The van der Waals surface area contributed by atoms with Crippen molar-refractivity contribution in [3.63, 3.8) is 0 Å². The molecule has 1 aliphatic rings. The SMILES string of the molecule is CCOC(=O)C1=C(O)/C(=C\c2cccc([N+](=O)[O-])c2)SC1=Nc1ccc(F)cc1. The van der Waals surface area contributed by atoms with Gasteiger partial charge in [0, 0.05) is 12.1 Å². The van der Waals surface area contributed by atoms with Crippen LogP contribution in [0.15, 0.2) is 69.8 Å². The second-order valence-corrected chi connectivity index (χ2v) is 6.83. The number of carbonyl (C=O) groups excluding carboxylic acids is 1. The van der Waals surface area contributed by atoms with Crippen molar-refractivity contribution < 1.29 is 24.0 Å². The summed E-state index contributed by atoms with van der Waals surface area (Å²) >= 11 is 1.01. The first-order chi connectivity index (χ1) is 13.9. The lowest BCUT2D eigenvalue weighted by molar-refractivity contribution is -0.384. The number of rotatable bonds is 5. The highest BCUT2D eigenvalue weighted by Gasteiger charge is 2.33. The zero-order valence-corrected chi connectivity index (χ0v) is 16.0. The third-order valence-corrected chi connectivity index (χ3v) is 4.83. The second kappa shape index (κ2) is 8.70. The maximum Gasteiger partial charge on any atom is 0.344 e. The number of halogens is 1. The molecule has 7 nitrogen and oxygen atoms in total. The van der Waals surface area contributed by atoms with Crippen molar-refractivity contribution >= 4 is 40.2 Å². The van der Waals surface area contributed by atoms with Crippen LogP contribution in [-0.2, 0) is 9.53 Å². The van der Waals surface area contributed by atoms with Gasteiger partial charge in [-0.05, 0) is 42.8 Å². The van der Waals surface area contributed by atoms with Gasteiger partial charge < -0.3 is 9.84 Å². The standard InChI is InChI=1S/C20H15FN2O5S/c1-2-28-20(25)17-18(24)16(11-12-4-3-5-15(10-12)23(26)27)29-19(17)22-14-8-6-13(21)7-9-14/h3-11,24H,2H2,1H3/b16-11+,22-19?. The van der Waals surface area contributed by atoms with Crippen LogP contribution in [0.2, 0.25) is 0 Å². The molecule has 3 rings (SSSR count). The zero-order chi connectivity index (χ0) is 21.0. The molecule has 2 aromatic rings. The van der Waals surface area contributed by atoms with Gasteiger partial charge in [0.15, 0.2) is 0 Å². The first-order valence-corrected chi connectivity index (χ1v) is 9.30. The average Bonchev–Trinajstić information content (AvgIpc) is 2.99. The smallest absolute Gasteiger partial charge is 0.344 e. The Morgan fingerprint density at radius 3 is 2.69 bits per heavy atom. The van der Waals surface area contributed by atoms with Crippen LogP contribution in [0.25, 0.3) is 6.08 Å². The molecule has 1 heterocycles. The second-order valence-electron chi connectivity index (χ2n) is 5.80. The fourth-order valence-electron chi connectivity index (χ4n) is 2.50. The number of aliphatic hydroxyl groups excluding tert-OH is 1. The van der Waals surface area contributed by atoms with Gasteiger partial charge in [-0.25, -0.2) is 14.2 Å². The summed E-state index contributed by atoms with van der Waals surface area (Å²) in [7, 11) is 0. The Hall–Kier alpha value is -3.46. The molecule has 1 N–H and O–H groups in total. The highest BCUT2D eigenvalue weighted by Crippen LogP contribution is 2.40. The van der Waals surface area contributed by atoms with E-state index in [0.29, 0.717) is 11.3 Å². The highest BCUT2D eigenvalue weighted by molar-refractivity contribution is 8.18. The van der Waals surface area contributed by atoms with E-state index in [1.807, 2.05) is 0 Å². The molecule has 0 spiro atoms. The molecule has 0 saturated heterocycles. The minimum atomic E-state index is -0.749. The number of aliphatic hydroxyl groups is 1. The van der Waals surface area contributed by atoms with Gasteiger partial charge in [-0.3, -0.25) is 10.1 Å². The van der Waals surface area contributed by atoms with Crippen molar-refractivity contribution in [2.75, 3.05) is 6.61 Å². The summed E-state index contributed by atoms with van der Waals surface area (Å²) < 4.78 is 18.1. The molecule has 0 bridgehead atoms. The summed E-state index contributed by atoms with van der Waals surface area (Å²) in [6.07, 6.45) is 1.51. The monoisotopic (exact) mass is 414 g/mol. The molecule has 0 atom stereocenters. The summed E-state index contributed by atoms with van der Waals surface area (Å²) in [5.41, 5.74) is 0.647. The van der Waals surface area contributed by atoms with Crippen LogP contribution in [0.5, 0.6) is 0 Å². The predicted molar refractivity (Wildman–Crippen MR) is 108 cm³/mol. The van der Waals surface area contributed by atoms with E-state index in [4.69, 9.17) is 4.74 Å². The topological polar surface area (TPSA) is 102 Å². The van der Waals surface area contributed by atoms with Crippen molar-refractivity contribution in [1.29, 1.82) is 0 Å². The van der Waals surface area contributed by atoms with Gasteiger partial charge in [0.25, 0.3) is 5.69 Å². The number of esters is 1. The van der Waals surface area contributed by atoms with Crippen LogP contribution in [0.1, 0.15) is 12.5 Å². The highest BCUT2D eigenvalue weighted by atomic mass is 32.2. The molecule has 9 heteroatoms. The molecule has 148 valence electrons. The molecule has 0 amide bonds. The number of ether oxygens (including phenoxy) is 1. The van der Waals surface area contributed by atoms with Crippen LogP contribution in [0.4, 0.5) is 15.8 Å². The first-order valence-electron chi connectivity index (χ1n) is 8.48. The van der Waals surface area contributed by atoms with Gasteiger partial charge >= 0.3 is 5.97 Å². The van der Waals surface area contributed by atoms with Gasteiger partial charge in [0.1, 0.15) is 22.2 Å². The van der Waals surface area contributed by atoms with E-state index in [1.165, 1.54) is 48.5 Å². The number of benzene rings is 2. The number of hydrogen-bond donors (Lipinski definition) is 1. The molecule has 1 aliphatic heterocycles. The molecule has 0 aromatic heterocycles. The molecule has 0 aliphatic carbocycles. The van der Waals surface area contributed by atoms with E-state index in [2.05, 4.69) is 4.99 Å². The molecule has 0 fully saturated rings. The van der Waals surface area contributed by atoms with Crippen LogP contribution in [-0.4, -0.2) is 27.6 Å². The number of non-ortho nitro benzene ring substituents is 1. The van der Waals surface area contributed by atoms with Crippen molar-refractivity contribution in [1.82, 2.24) is 0 Å². The first kappa shape index (κ1) is 20.3. The molecular weight excluding hydrogens is 399 g/mol. The Kier molecular flexibility index (Phi) is 6.08. The third-order valence-electron chi connectivity index (χ3n) is 3.81. The van der Waals surface area contributed by atoms with Gasteiger partial charge in [-0.2, -0.15) is 0 Å². The van der Waals surface area contributed by atoms with Crippen molar-refractivity contribution in [3.05, 3.63) is 86.3 Å². The van der Waals surface area contributed by atoms with Crippen LogP contribution >= 0.6 is 11.8 Å². The van der Waals surface area contributed by atoms with Crippen LogP contribution in [0, 0.1) is 15.9 Å². The average molecular weight is 414 g/mol. The van der Waals surface area contributed by atoms with E-state index in [9.17, 15) is 24.4 Å². The number of hydrogen-bond acceptors (Lipinski definition) is 7. The molecule has 2 aromatic carbocycles. The predicted octanol–water partition coefficient (Wildman–Crippen LogP) is 4.93. The van der Waals surface area contributed by atoms with E-state index < -0.39 is 16.7 Å². The Balaban J connectivity index is 2.04. The van der Waals surface area contributed by atoms with E-state index in [0.717, 1.165) is 11.8 Å². The summed E-state index contributed by atoms with van der Waals surface area (Å²) in [4.78, 5) is 27.4. The summed E-state index contributed by atoms with van der Waals surface area (Å²) in [6, 6.07) is 11.2. The molecule has 0 radical (unpaired) electrons. The fraction of sp³-hybridized carbons (Fsp3) is 0.100. The van der Waals surface area contributed by atoms with Crippen molar-refractivity contribution in [2.45, 2.75) is 6.92 Å². The third kappa shape index (κ3) is 4.69. The molecular formula is C20H15FN2O5S. The largest absolute Gasteiger partial charge is 0.506 e. The summed E-state index contributed by atoms with van der Waals surface area (Å²) in [5, 5.41) is 21.7. The Morgan fingerprint density at radius 1 is 1.31 bits per heavy atom. The molecule has 0 saturated carbocycles. The number of carbonyl (C=O) groups is 1. The number of nitro benzene ring substituents is 1. The van der Waals surface area contributed by atoms with Gasteiger partial charge in [0.2, 0.25) is 0 Å². The quantitative estimate of drug-likeness (QED) is 0.423. The Bertz CT molecular complexity index is 1060.